The number of methoxy groups -OCH3 is 1. The van der Waals surface area contributed by atoms with Crippen molar-refractivity contribution in [2.24, 2.45) is 5.41 Å². The SMILES string of the molecule is COc1ccc2c(c1)C(=O)C(C)(C)C(=O)N2. The maximum atomic E-state index is 12.1. The number of nitrogens with one attached hydrogen (secondary N) is 1. The molecule has 0 unspecified atom stereocenters. The predicted molar refractivity (Wildman–Crippen MR) is 59.7 cm³/mol. The van der Waals surface area contributed by atoms with Crippen molar-refractivity contribution in [1.82, 2.24) is 0 Å². The Bertz CT molecular complexity index is 477. The van der Waals surface area contributed by atoms with Crippen LogP contribution in [-0.2, 0) is 4.79 Å². The number of ketones is 1. The maximum absolute atomic E-state index is 12.1. The third-order valence-electron chi connectivity index (χ3n) is 2.85. The fourth-order valence-electron chi connectivity index (χ4n) is 1.67. The number of benzene rings is 1. The summed E-state index contributed by atoms with van der Waals surface area (Å²) in [6, 6.07) is 5.04. The number of ether oxygens (including phenoxy) is 1. The van der Waals surface area contributed by atoms with Crippen LogP contribution in [0.5, 0.6) is 5.75 Å². The number of hydrogen-bond donors (Lipinski definition) is 1. The molecule has 2 rings (SSSR count). The van der Waals surface area contributed by atoms with E-state index in [9.17, 15) is 9.59 Å². The Labute approximate surface area is 93.6 Å². The molecule has 0 bridgehead atoms. The molecule has 0 saturated heterocycles. The van der Waals surface area contributed by atoms with Crippen LogP contribution in [0, 0.1) is 5.41 Å². The van der Waals surface area contributed by atoms with Crippen LogP contribution in [0.3, 0.4) is 0 Å². The molecule has 16 heavy (non-hydrogen) atoms. The van der Waals surface area contributed by atoms with Crippen LogP contribution in [0.4, 0.5) is 5.69 Å². The van der Waals surface area contributed by atoms with E-state index in [0.717, 1.165) is 0 Å². The minimum atomic E-state index is -1.01. The van der Waals surface area contributed by atoms with Gasteiger partial charge in [0.1, 0.15) is 11.2 Å². The van der Waals surface area contributed by atoms with E-state index in [1.165, 1.54) is 0 Å². The Morgan fingerprint density at radius 2 is 1.94 bits per heavy atom. The highest BCUT2D eigenvalue weighted by Crippen LogP contribution is 2.34. The van der Waals surface area contributed by atoms with Crippen molar-refractivity contribution in [3.63, 3.8) is 0 Å². The molecule has 1 N–H and O–H groups in total. The lowest BCUT2D eigenvalue weighted by molar-refractivity contribution is -0.122. The zero-order chi connectivity index (χ0) is 11.9. The third-order valence-corrected chi connectivity index (χ3v) is 2.85. The van der Waals surface area contributed by atoms with Crippen LogP contribution in [0.1, 0.15) is 24.2 Å². The van der Waals surface area contributed by atoms with Crippen molar-refractivity contribution < 1.29 is 14.3 Å². The minimum Gasteiger partial charge on any atom is -0.497 e. The zero-order valence-corrected chi connectivity index (χ0v) is 9.46. The number of carbonyl (C=O) groups excluding carboxylic acids is 2. The Morgan fingerprint density at radius 3 is 2.56 bits per heavy atom. The van der Waals surface area contributed by atoms with Crippen LogP contribution in [0.25, 0.3) is 0 Å². The van der Waals surface area contributed by atoms with Crippen molar-refractivity contribution in [3.8, 4) is 5.75 Å². The summed E-state index contributed by atoms with van der Waals surface area (Å²) in [7, 11) is 1.54. The van der Waals surface area contributed by atoms with Crippen LogP contribution in [0.15, 0.2) is 18.2 Å². The average Bonchev–Trinajstić information content (AvgIpc) is 2.27. The van der Waals surface area contributed by atoms with Gasteiger partial charge in [0, 0.05) is 5.56 Å². The van der Waals surface area contributed by atoms with E-state index < -0.39 is 5.41 Å². The highest BCUT2D eigenvalue weighted by molar-refractivity contribution is 6.23. The number of hydrogen-bond acceptors (Lipinski definition) is 3. The lowest BCUT2D eigenvalue weighted by Gasteiger charge is -2.29. The van der Waals surface area contributed by atoms with Crippen LogP contribution in [0.2, 0.25) is 0 Å². The molecule has 1 aliphatic heterocycles. The van der Waals surface area contributed by atoms with Crippen molar-refractivity contribution in [1.29, 1.82) is 0 Å². The predicted octanol–water partition coefficient (Wildman–Crippen LogP) is 1.86. The number of anilines is 1. The molecular weight excluding hydrogens is 206 g/mol. The van der Waals surface area contributed by atoms with E-state index in [0.29, 0.717) is 17.0 Å². The lowest BCUT2D eigenvalue weighted by Crippen LogP contribution is -2.42. The van der Waals surface area contributed by atoms with Gasteiger partial charge in [-0.25, -0.2) is 0 Å². The second kappa shape index (κ2) is 3.33. The summed E-state index contributed by atoms with van der Waals surface area (Å²) in [4.78, 5) is 23.8. The number of amides is 1. The third kappa shape index (κ3) is 1.38. The minimum absolute atomic E-state index is 0.176. The molecule has 4 nitrogen and oxygen atoms in total. The molecule has 0 atom stereocenters. The highest BCUT2D eigenvalue weighted by Gasteiger charge is 2.41. The summed E-state index contributed by atoms with van der Waals surface area (Å²) in [5, 5.41) is 2.72. The van der Waals surface area contributed by atoms with Gasteiger partial charge in [-0.2, -0.15) is 0 Å². The van der Waals surface area contributed by atoms with Gasteiger partial charge in [-0.05, 0) is 32.0 Å². The highest BCUT2D eigenvalue weighted by atomic mass is 16.5. The molecule has 1 aromatic rings. The zero-order valence-electron chi connectivity index (χ0n) is 9.46. The average molecular weight is 219 g/mol. The first kappa shape index (κ1) is 10.7. The van der Waals surface area contributed by atoms with Crippen molar-refractivity contribution in [3.05, 3.63) is 23.8 Å². The van der Waals surface area contributed by atoms with E-state index in [1.54, 1.807) is 39.2 Å². The summed E-state index contributed by atoms with van der Waals surface area (Å²) >= 11 is 0. The van der Waals surface area contributed by atoms with Gasteiger partial charge >= 0.3 is 0 Å². The van der Waals surface area contributed by atoms with Crippen molar-refractivity contribution >= 4 is 17.4 Å². The number of carbonyl (C=O) groups is 2. The molecule has 0 saturated carbocycles. The fraction of sp³-hybridized carbons (Fsp3) is 0.333. The van der Waals surface area contributed by atoms with Gasteiger partial charge in [0.15, 0.2) is 5.78 Å². The molecule has 4 heteroatoms. The van der Waals surface area contributed by atoms with Crippen molar-refractivity contribution in [2.45, 2.75) is 13.8 Å². The number of Topliss-reactive ketones (excluding diaryl/α,β-unsaturated/α-hetero) is 1. The number of rotatable bonds is 1. The normalized spacial score (nSPS) is 17.7. The van der Waals surface area contributed by atoms with Gasteiger partial charge in [-0.1, -0.05) is 0 Å². The summed E-state index contributed by atoms with van der Waals surface area (Å²) in [5.74, 6) is 0.166. The molecule has 0 aliphatic carbocycles. The molecule has 84 valence electrons. The van der Waals surface area contributed by atoms with Gasteiger partial charge in [-0.15, -0.1) is 0 Å². The van der Waals surface area contributed by atoms with Crippen LogP contribution in [-0.4, -0.2) is 18.8 Å². The quantitative estimate of drug-likeness (QED) is 0.733. The lowest BCUT2D eigenvalue weighted by atomic mass is 9.80. The molecule has 1 aromatic carbocycles. The summed E-state index contributed by atoms with van der Waals surface area (Å²) < 4.78 is 5.06. The Hall–Kier alpha value is -1.84. The first-order valence-electron chi connectivity index (χ1n) is 5.01. The summed E-state index contributed by atoms with van der Waals surface area (Å²) in [5.41, 5.74) is 0.0402. The molecule has 1 heterocycles. The molecule has 0 radical (unpaired) electrons. The van der Waals surface area contributed by atoms with Gasteiger partial charge in [-0.3, -0.25) is 9.59 Å². The first-order chi connectivity index (χ1) is 7.46. The van der Waals surface area contributed by atoms with E-state index >= 15 is 0 Å². The smallest absolute Gasteiger partial charge is 0.237 e. The van der Waals surface area contributed by atoms with Crippen molar-refractivity contribution in [2.75, 3.05) is 12.4 Å². The fourth-order valence-corrected chi connectivity index (χ4v) is 1.67. The second-order valence-electron chi connectivity index (χ2n) is 4.32. The molecule has 0 aromatic heterocycles. The molecule has 0 spiro atoms. The Kier molecular flexibility index (Phi) is 2.22. The van der Waals surface area contributed by atoms with E-state index in [-0.39, 0.29) is 11.7 Å². The van der Waals surface area contributed by atoms with Gasteiger partial charge < -0.3 is 10.1 Å². The maximum Gasteiger partial charge on any atom is 0.237 e. The molecular formula is C12H13NO3. The molecule has 0 fully saturated rings. The molecule has 1 aliphatic rings. The van der Waals surface area contributed by atoms with E-state index in [1.807, 2.05) is 0 Å². The standard InChI is InChI=1S/C12H13NO3/c1-12(2)10(14)8-6-7(16-3)4-5-9(8)13-11(12)15/h4-6H,1-3H3,(H,13,15). The van der Waals surface area contributed by atoms with E-state index in [2.05, 4.69) is 5.32 Å². The van der Waals surface area contributed by atoms with Gasteiger partial charge in [0.25, 0.3) is 0 Å². The Morgan fingerprint density at radius 1 is 1.25 bits per heavy atom. The van der Waals surface area contributed by atoms with E-state index in [4.69, 9.17) is 4.74 Å². The van der Waals surface area contributed by atoms with Crippen LogP contribution >= 0.6 is 0 Å². The Balaban J connectivity index is 2.57. The topological polar surface area (TPSA) is 55.4 Å². The monoisotopic (exact) mass is 219 g/mol. The largest absolute Gasteiger partial charge is 0.497 e. The first-order valence-corrected chi connectivity index (χ1v) is 5.01. The molecule has 1 amide bonds. The second-order valence-corrected chi connectivity index (χ2v) is 4.32. The number of fused-ring (bicyclic) bond motifs is 1. The van der Waals surface area contributed by atoms with Gasteiger partial charge in [0.2, 0.25) is 5.91 Å². The van der Waals surface area contributed by atoms with Gasteiger partial charge in [0.05, 0.1) is 12.8 Å². The summed E-state index contributed by atoms with van der Waals surface area (Å²) in [6.07, 6.45) is 0. The summed E-state index contributed by atoms with van der Waals surface area (Å²) in [6.45, 7) is 3.24. The van der Waals surface area contributed by atoms with Crippen LogP contribution < -0.4 is 10.1 Å².